The highest BCUT2D eigenvalue weighted by Gasteiger charge is 2.54. The molecule has 5 rings (SSSR count). The van der Waals surface area contributed by atoms with Gasteiger partial charge in [0.1, 0.15) is 24.4 Å². The number of hydrogen-bond acceptors (Lipinski definition) is 3. The normalized spacial score (nSPS) is 30.2. The zero-order valence-electron chi connectivity index (χ0n) is 11.2. The smallest absolute Gasteiger partial charge is 0.118 e. The van der Waals surface area contributed by atoms with Gasteiger partial charge in [-0.05, 0) is 44.8 Å². The largest absolute Gasteiger partial charge is 0.387 e. The number of rotatable bonds is 0. The lowest BCUT2D eigenvalue weighted by atomic mass is 9.83. The molecule has 2 N–H and O–H groups in total. The van der Waals surface area contributed by atoms with Gasteiger partial charge < -0.3 is 14.9 Å². The van der Waals surface area contributed by atoms with Crippen molar-refractivity contribution in [1.82, 2.24) is 0 Å². The second-order valence-electron chi connectivity index (χ2n) is 5.95. The fraction of sp³-hybridized carbons (Fsp3) is 0.222. The molecule has 104 valence electrons. The maximum Gasteiger partial charge on any atom is 0.118 e. The lowest BCUT2D eigenvalue weighted by Crippen LogP contribution is -2.29. The SMILES string of the molecule is OC1[C@H]2O[C@H]2c2ccc3cc4ccccc4cc3c2[C@@H]1O. The van der Waals surface area contributed by atoms with Gasteiger partial charge >= 0.3 is 0 Å². The highest BCUT2D eigenvalue weighted by Crippen LogP contribution is 2.52. The minimum atomic E-state index is -0.881. The molecule has 1 unspecified atom stereocenters. The van der Waals surface area contributed by atoms with E-state index in [-0.39, 0.29) is 12.2 Å². The molecular weight excluding hydrogens is 264 g/mol. The van der Waals surface area contributed by atoms with Crippen LogP contribution >= 0.6 is 0 Å². The lowest BCUT2D eigenvalue weighted by molar-refractivity contribution is 0.000831. The highest BCUT2D eigenvalue weighted by molar-refractivity contribution is 6.00. The van der Waals surface area contributed by atoms with E-state index in [4.69, 9.17) is 4.74 Å². The van der Waals surface area contributed by atoms with Crippen molar-refractivity contribution in [2.24, 2.45) is 0 Å². The maximum atomic E-state index is 10.5. The van der Waals surface area contributed by atoms with Crippen molar-refractivity contribution < 1.29 is 14.9 Å². The van der Waals surface area contributed by atoms with Gasteiger partial charge in [-0.25, -0.2) is 0 Å². The third kappa shape index (κ3) is 1.48. The van der Waals surface area contributed by atoms with Crippen molar-refractivity contribution in [3.8, 4) is 0 Å². The van der Waals surface area contributed by atoms with Crippen molar-refractivity contribution in [3.05, 3.63) is 59.7 Å². The molecule has 1 saturated heterocycles. The van der Waals surface area contributed by atoms with Crippen LogP contribution in [0.2, 0.25) is 0 Å². The molecule has 3 aromatic rings. The average molecular weight is 278 g/mol. The third-order valence-corrected chi connectivity index (χ3v) is 4.75. The van der Waals surface area contributed by atoms with Crippen LogP contribution in [-0.2, 0) is 4.74 Å². The molecular formula is C18H14O3. The van der Waals surface area contributed by atoms with Gasteiger partial charge in [-0.2, -0.15) is 0 Å². The molecule has 0 aromatic heterocycles. The summed E-state index contributed by atoms with van der Waals surface area (Å²) in [6.45, 7) is 0. The van der Waals surface area contributed by atoms with E-state index < -0.39 is 12.2 Å². The van der Waals surface area contributed by atoms with E-state index in [1.165, 1.54) is 5.39 Å². The summed E-state index contributed by atoms with van der Waals surface area (Å²) in [5.41, 5.74) is 1.84. The number of aliphatic hydroxyl groups excluding tert-OH is 2. The standard InChI is InChI=1S/C18H14O3/c19-15-14-12(17-18(21-17)16(15)20)6-5-11-7-9-3-1-2-4-10(9)8-13(11)14/h1-8,15-20H/t15-,16?,17-,18+/m0/s1. The summed E-state index contributed by atoms with van der Waals surface area (Å²) >= 11 is 0. The van der Waals surface area contributed by atoms with E-state index in [9.17, 15) is 10.2 Å². The Balaban J connectivity index is 1.88. The van der Waals surface area contributed by atoms with Gasteiger partial charge in [0, 0.05) is 0 Å². The summed E-state index contributed by atoms with van der Waals surface area (Å²) in [6.07, 6.45) is -2.02. The van der Waals surface area contributed by atoms with E-state index in [2.05, 4.69) is 30.3 Å². The summed E-state index contributed by atoms with van der Waals surface area (Å²) < 4.78 is 5.51. The molecule has 0 bridgehead atoms. The number of fused-ring (bicyclic) bond motifs is 6. The van der Waals surface area contributed by atoms with Crippen LogP contribution in [0.25, 0.3) is 21.5 Å². The van der Waals surface area contributed by atoms with Gasteiger partial charge in [0.05, 0.1) is 0 Å². The monoisotopic (exact) mass is 278 g/mol. The third-order valence-electron chi connectivity index (χ3n) is 4.75. The van der Waals surface area contributed by atoms with Crippen LogP contribution in [0.3, 0.4) is 0 Å². The molecule has 4 atom stereocenters. The van der Waals surface area contributed by atoms with Gasteiger partial charge in [-0.1, -0.05) is 36.4 Å². The minimum Gasteiger partial charge on any atom is -0.387 e. The van der Waals surface area contributed by atoms with Crippen molar-refractivity contribution in [1.29, 1.82) is 0 Å². The first-order valence-electron chi connectivity index (χ1n) is 7.21. The number of epoxide rings is 1. The Morgan fingerprint density at radius 3 is 2.43 bits per heavy atom. The quantitative estimate of drug-likeness (QED) is 0.491. The summed E-state index contributed by atoms with van der Waals surface area (Å²) in [6, 6.07) is 16.5. The molecule has 1 aliphatic heterocycles. The van der Waals surface area contributed by atoms with E-state index in [0.29, 0.717) is 0 Å². The molecule has 21 heavy (non-hydrogen) atoms. The maximum absolute atomic E-state index is 10.5. The molecule has 0 radical (unpaired) electrons. The molecule has 1 fully saturated rings. The van der Waals surface area contributed by atoms with E-state index >= 15 is 0 Å². The summed E-state index contributed by atoms with van der Waals surface area (Å²) in [5, 5.41) is 25.0. The van der Waals surface area contributed by atoms with Gasteiger partial charge in [0.15, 0.2) is 0 Å². The Hall–Kier alpha value is -1.94. The highest BCUT2D eigenvalue weighted by atomic mass is 16.6. The summed E-state index contributed by atoms with van der Waals surface area (Å²) in [4.78, 5) is 0. The Morgan fingerprint density at radius 1 is 0.857 bits per heavy atom. The van der Waals surface area contributed by atoms with E-state index in [1.807, 2.05) is 18.2 Å². The van der Waals surface area contributed by atoms with Crippen molar-refractivity contribution in [2.75, 3.05) is 0 Å². The molecule has 2 aliphatic rings. The van der Waals surface area contributed by atoms with E-state index in [0.717, 1.165) is 27.3 Å². The number of aliphatic hydroxyl groups is 2. The molecule has 0 saturated carbocycles. The topological polar surface area (TPSA) is 53.0 Å². The van der Waals surface area contributed by atoms with Crippen LogP contribution in [0, 0.1) is 0 Å². The van der Waals surface area contributed by atoms with Crippen LogP contribution < -0.4 is 0 Å². The van der Waals surface area contributed by atoms with Crippen LogP contribution in [-0.4, -0.2) is 22.4 Å². The van der Waals surface area contributed by atoms with Gasteiger partial charge in [-0.3, -0.25) is 0 Å². The molecule has 0 spiro atoms. The van der Waals surface area contributed by atoms with Crippen molar-refractivity contribution in [2.45, 2.75) is 24.4 Å². The zero-order valence-corrected chi connectivity index (χ0v) is 11.2. The van der Waals surface area contributed by atoms with Crippen LogP contribution in [0.4, 0.5) is 0 Å². The lowest BCUT2D eigenvalue weighted by Gasteiger charge is -2.25. The predicted octanol–water partition coefficient (Wildman–Crippen LogP) is 2.84. The minimum absolute atomic E-state index is 0.0609. The molecule has 1 heterocycles. The van der Waals surface area contributed by atoms with Gasteiger partial charge in [0.25, 0.3) is 0 Å². The Labute approximate surface area is 121 Å². The molecule has 1 aliphatic carbocycles. The summed E-state index contributed by atoms with van der Waals surface area (Å²) in [7, 11) is 0. The Kier molecular flexibility index (Phi) is 2.13. The first-order chi connectivity index (χ1) is 10.2. The van der Waals surface area contributed by atoms with E-state index in [1.54, 1.807) is 0 Å². The first-order valence-corrected chi connectivity index (χ1v) is 7.21. The van der Waals surface area contributed by atoms with Gasteiger partial charge in [0.2, 0.25) is 0 Å². The van der Waals surface area contributed by atoms with Crippen LogP contribution in [0.5, 0.6) is 0 Å². The average Bonchev–Trinajstić information content (AvgIpc) is 3.30. The second kappa shape index (κ2) is 3.83. The number of ether oxygens (including phenoxy) is 1. The Bertz CT molecular complexity index is 886. The molecule has 3 heteroatoms. The fourth-order valence-electron chi connectivity index (χ4n) is 3.62. The van der Waals surface area contributed by atoms with Crippen LogP contribution in [0.15, 0.2) is 48.5 Å². The number of benzene rings is 3. The fourth-order valence-corrected chi connectivity index (χ4v) is 3.62. The first kappa shape index (κ1) is 11.7. The molecule has 3 aromatic carbocycles. The number of hydrogen-bond donors (Lipinski definition) is 2. The van der Waals surface area contributed by atoms with Crippen molar-refractivity contribution in [3.63, 3.8) is 0 Å². The predicted molar refractivity (Wildman–Crippen MR) is 80.0 cm³/mol. The second-order valence-corrected chi connectivity index (χ2v) is 5.95. The molecule has 0 amide bonds. The van der Waals surface area contributed by atoms with Crippen LogP contribution in [0.1, 0.15) is 23.3 Å². The Morgan fingerprint density at radius 2 is 1.62 bits per heavy atom. The van der Waals surface area contributed by atoms with Crippen molar-refractivity contribution >= 4 is 21.5 Å². The zero-order chi connectivity index (χ0) is 14.1. The summed E-state index contributed by atoms with van der Waals surface area (Å²) in [5.74, 6) is 0. The molecule has 3 nitrogen and oxygen atoms in total. The van der Waals surface area contributed by atoms with Gasteiger partial charge in [-0.15, -0.1) is 0 Å².